The van der Waals surface area contributed by atoms with Crippen molar-refractivity contribution in [2.45, 2.75) is 26.2 Å². The molecule has 4 aromatic rings. The van der Waals surface area contributed by atoms with Crippen molar-refractivity contribution in [2.24, 2.45) is 0 Å². The fraction of sp³-hybridized carbons (Fsp3) is 0.167. The van der Waals surface area contributed by atoms with Gasteiger partial charge >= 0.3 is 0 Å². The quantitative estimate of drug-likeness (QED) is 0.456. The van der Waals surface area contributed by atoms with Crippen LogP contribution < -0.4 is 5.32 Å². The first kappa shape index (κ1) is 18.9. The van der Waals surface area contributed by atoms with Crippen LogP contribution in [0.25, 0.3) is 22.6 Å². The second kappa shape index (κ2) is 7.17. The highest BCUT2D eigenvalue weighted by Gasteiger charge is 2.15. The number of halogens is 1. The van der Waals surface area contributed by atoms with E-state index in [0.29, 0.717) is 33.8 Å². The first-order valence-electron chi connectivity index (χ1n) is 9.38. The zero-order valence-corrected chi connectivity index (χ0v) is 16.5. The fourth-order valence-corrected chi connectivity index (χ4v) is 3.08. The molecule has 1 heterocycles. The van der Waals surface area contributed by atoms with Crippen LogP contribution in [0.1, 0.15) is 36.7 Å². The number of nitrogens with zero attached hydrogens (tertiary/aromatic N) is 1. The number of nitrogens with one attached hydrogen (secondary N) is 1. The van der Waals surface area contributed by atoms with Gasteiger partial charge in [0.2, 0.25) is 5.89 Å². The molecule has 1 aromatic heterocycles. The molecule has 29 heavy (non-hydrogen) atoms. The molecular weight excluding hydrogens is 367 g/mol. The van der Waals surface area contributed by atoms with Gasteiger partial charge in [-0.3, -0.25) is 4.79 Å². The summed E-state index contributed by atoms with van der Waals surface area (Å²) < 4.78 is 19.2. The summed E-state index contributed by atoms with van der Waals surface area (Å²) in [7, 11) is 0. The minimum Gasteiger partial charge on any atom is -0.436 e. The number of benzene rings is 3. The Kier molecular flexibility index (Phi) is 4.66. The lowest BCUT2D eigenvalue weighted by Gasteiger charge is -2.19. The van der Waals surface area contributed by atoms with Gasteiger partial charge in [0.25, 0.3) is 5.91 Å². The second-order valence-corrected chi connectivity index (χ2v) is 7.99. The molecule has 0 aliphatic rings. The summed E-state index contributed by atoms with van der Waals surface area (Å²) in [4.78, 5) is 17.0. The van der Waals surface area contributed by atoms with Gasteiger partial charge in [0.15, 0.2) is 5.58 Å². The molecule has 0 unspecified atom stereocenters. The average molecular weight is 388 g/mol. The molecule has 0 aliphatic carbocycles. The smallest absolute Gasteiger partial charge is 0.255 e. The van der Waals surface area contributed by atoms with Crippen molar-refractivity contribution in [1.82, 2.24) is 4.98 Å². The number of hydrogen-bond acceptors (Lipinski definition) is 3. The van der Waals surface area contributed by atoms with Crippen molar-refractivity contribution < 1.29 is 13.6 Å². The lowest BCUT2D eigenvalue weighted by Crippen LogP contribution is -2.14. The van der Waals surface area contributed by atoms with Crippen LogP contribution in [0.2, 0.25) is 0 Å². The summed E-state index contributed by atoms with van der Waals surface area (Å²) in [6.45, 7) is 6.40. The maximum Gasteiger partial charge on any atom is 0.255 e. The lowest BCUT2D eigenvalue weighted by molar-refractivity contribution is 0.102. The first-order valence-corrected chi connectivity index (χ1v) is 9.38. The van der Waals surface area contributed by atoms with Gasteiger partial charge in [0.05, 0.1) is 0 Å². The van der Waals surface area contributed by atoms with E-state index in [1.165, 1.54) is 17.7 Å². The number of hydrogen-bond donors (Lipinski definition) is 1. The van der Waals surface area contributed by atoms with Gasteiger partial charge < -0.3 is 9.73 Å². The van der Waals surface area contributed by atoms with E-state index in [1.807, 2.05) is 24.3 Å². The number of anilines is 1. The predicted octanol–water partition coefficient (Wildman–Crippen LogP) is 6.18. The Morgan fingerprint density at radius 3 is 2.45 bits per heavy atom. The van der Waals surface area contributed by atoms with Crippen molar-refractivity contribution in [2.75, 3.05) is 5.32 Å². The van der Waals surface area contributed by atoms with Crippen molar-refractivity contribution in [3.05, 3.63) is 83.7 Å². The summed E-state index contributed by atoms with van der Waals surface area (Å²) in [5.41, 5.74) is 4.11. The molecule has 1 N–H and O–H groups in total. The molecular formula is C24H21FN2O2. The average Bonchev–Trinajstić information content (AvgIpc) is 3.11. The minimum absolute atomic E-state index is 0.0341. The number of carbonyl (C=O) groups excluding carboxylic acids is 1. The Bertz CT molecular complexity index is 1190. The summed E-state index contributed by atoms with van der Waals surface area (Å²) in [5.74, 6) is -0.213. The molecule has 0 radical (unpaired) electrons. The highest BCUT2D eigenvalue weighted by atomic mass is 19.1. The van der Waals surface area contributed by atoms with Gasteiger partial charge in [-0.05, 0) is 59.5 Å². The molecule has 0 atom stereocenters. The van der Waals surface area contributed by atoms with Crippen LogP contribution in [0.15, 0.2) is 71.1 Å². The summed E-state index contributed by atoms with van der Waals surface area (Å²) in [5, 5.41) is 2.89. The van der Waals surface area contributed by atoms with Crippen LogP contribution in [0.5, 0.6) is 0 Å². The molecule has 0 spiro atoms. The highest BCUT2D eigenvalue weighted by Crippen LogP contribution is 2.27. The van der Waals surface area contributed by atoms with Crippen molar-refractivity contribution in [3.63, 3.8) is 0 Å². The van der Waals surface area contributed by atoms with Gasteiger partial charge in [-0.25, -0.2) is 9.37 Å². The molecule has 0 saturated carbocycles. The number of aromatic nitrogens is 1. The van der Waals surface area contributed by atoms with E-state index in [0.717, 1.165) is 0 Å². The van der Waals surface area contributed by atoms with Gasteiger partial charge in [-0.15, -0.1) is 0 Å². The van der Waals surface area contributed by atoms with Gasteiger partial charge in [0, 0.05) is 16.8 Å². The van der Waals surface area contributed by atoms with E-state index in [-0.39, 0.29) is 17.1 Å². The zero-order chi connectivity index (χ0) is 20.6. The molecule has 146 valence electrons. The largest absolute Gasteiger partial charge is 0.436 e. The number of carbonyl (C=O) groups is 1. The highest BCUT2D eigenvalue weighted by molar-refractivity contribution is 6.05. The van der Waals surface area contributed by atoms with Crippen LogP contribution in [0.4, 0.5) is 10.1 Å². The zero-order valence-electron chi connectivity index (χ0n) is 16.5. The molecule has 0 aliphatic heterocycles. The Hall–Kier alpha value is -3.47. The minimum atomic E-state index is -0.352. The topological polar surface area (TPSA) is 55.1 Å². The maximum absolute atomic E-state index is 13.5. The normalized spacial score (nSPS) is 11.6. The van der Waals surface area contributed by atoms with Gasteiger partial charge in [-0.2, -0.15) is 0 Å². The van der Waals surface area contributed by atoms with Crippen molar-refractivity contribution in [1.29, 1.82) is 0 Å². The van der Waals surface area contributed by atoms with Crippen LogP contribution in [-0.2, 0) is 5.41 Å². The van der Waals surface area contributed by atoms with Crippen LogP contribution in [0.3, 0.4) is 0 Å². The van der Waals surface area contributed by atoms with E-state index >= 15 is 0 Å². The number of fused-ring (bicyclic) bond motifs is 1. The van der Waals surface area contributed by atoms with E-state index in [2.05, 4.69) is 31.1 Å². The Balaban J connectivity index is 1.56. The summed E-state index contributed by atoms with van der Waals surface area (Å²) in [6.07, 6.45) is 0. The third-order valence-corrected chi connectivity index (χ3v) is 4.73. The third-order valence-electron chi connectivity index (χ3n) is 4.73. The molecule has 0 fully saturated rings. The lowest BCUT2D eigenvalue weighted by atomic mass is 9.87. The third kappa shape index (κ3) is 4.04. The van der Waals surface area contributed by atoms with Gasteiger partial charge in [0.1, 0.15) is 11.3 Å². The van der Waals surface area contributed by atoms with E-state index < -0.39 is 0 Å². The van der Waals surface area contributed by atoms with Crippen LogP contribution >= 0.6 is 0 Å². The number of rotatable bonds is 3. The Labute approximate surface area is 168 Å². The molecule has 0 saturated heterocycles. The van der Waals surface area contributed by atoms with Crippen molar-refractivity contribution >= 4 is 22.7 Å². The second-order valence-electron chi connectivity index (χ2n) is 7.99. The Morgan fingerprint density at radius 2 is 1.76 bits per heavy atom. The summed E-state index contributed by atoms with van der Waals surface area (Å²) >= 11 is 0. The maximum atomic E-state index is 13.5. The standard InChI is InChI=1S/C24H21FN2O2/c1-24(2,3)17-9-7-15(8-10-17)22(28)26-19-11-12-21-20(14-19)27-23(29-21)16-5-4-6-18(25)13-16/h4-14H,1-3H3,(H,26,28). The number of amides is 1. The molecule has 3 aromatic carbocycles. The van der Waals surface area contributed by atoms with E-state index in [9.17, 15) is 9.18 Å². The SMILES string of the molecule is CC(C)(C)c1ccc(C(=O)Nc2ccc3oc(-c4cccc(F)c4)nc3c2)cc1. The first-order chi connectivity index (χ1) is 13.8. The van der Waals surface area contributed by atoms with Crippen molar-refractivity contribution in [3.8, 4) is 11.5 Å². The Morgan fingerprint density at radius 1 is 1.00 bits per heavy atom. The molecule has 1 amide bonds. The predicted molar refractivity (Wildman–Crippen MR) is 112 cm³/mol. The van der Waals surface area contributed by atoms with Gasteiger partial charge in [-0.1, -0.05) is 39.0 Å². The monoisotopic (exact) mass is 388 g/mol. The van der Waals surface area contributed by atoms with E-state index in [1.54, 1.807) is 30.3 Å². The van der Waals surface area contributed by atoms with Crippen LogP contribution in [0, 0.1) is 5.82 Å². The molecule has 4 nitrogen and oxygen atoms in total. The summed E-state index contributed by atoms with van der Waals surface area (Å²) in [6, 6.07) is 18.9. The van der Waals surface area contributed by atoms with Crippen LogP contribution in [-0.4, -0.2) is 10.9 Å². The molecule has 0 bridgehead atoms. The molecule has 4 rings (SSSR count). The number of oxazole rings is 1. The van der Waals surface area contributed by atoms with E-state index in [4.69, 9.17) is 4.42 Å². The molecule has 5 heteroatoms. The fourth-order valence-electron chi connectivity index (χ4n) is 3.08.